The van der Waals surface area contributed by atoms with Gasteiger partial charge >= 0.3 is 0 Å². The number of rotatable bonds is 2. The number of aliphatic imine (C=N–C) groups is 1. The van der Waals surface area contributed by atoms with E-state index >= 15 is 0 Å². The maximum Gasteiger partial charge on any atom is 0.0292 e. The van der Waals surface area contributed by atoms with Crippen LogP contribution in [0.4, 0.5) is 0 Å². The lowest BCUT2D eigenvalue weighted by Gasteiger charge is -1.99. The molecular weight excluding hydrogens is 154 g/mol. The minimum Gasteiger partial charge on any atom is -0.296 e. The fraction of sp³-hybridized carbons (Fsp3) is 0.222. The van der Waals surface area contributed by atoms with Gasteiger partial charge in [-0.2, -0.15) is 0 Å². The summed E-state index contributed by atoms with van der Waals surface area (Å²) in [7, 11) is 1.79. The number of nitrogens with zero attached hydrogens (tertiary/aromatic N) is 1. The van der Waals surface area contributed by atoms with Gasteiger partial charge in [-0.1, -0.05) is 18.2 Å². The van der Waals surface area contributed by atoms with E-state index < -0.39 is 0 Å². The average molecular weight is 165 g/mol. The Balaban J connectivity index is 3.02. The molecule has 0 saturated carbocycles. The summed E-state index contributed by atoms with van der Waals surface area (Å²) in [5.74, 6) is 0. The van der Waals surface area contributed by atoms with Gasteiger partial charge in [0.05, 0.1) is 0 Å². The first-order valence-electron chi connectivity index (χ1n) is 3.43. The zero-order valence-electron chi connectivity index (χ0n) is 6.74. The lowest BCUT2D eigenvalue weighted by molar-refractivity contribution is 1.40. The van der Waals surface area contributed by atoms with Gasteiger partial charge < -0.3 is 0 Å². The molecule has 1 aromatic carbocycles. The average Bonchev–Trinajstić information content (AvgIpc) is 2.06. The molecular formula is C9H11NS. The second-order valence-corrected chi connectivity index (χ2v) is 2.98. The van der Waals surface area contributed by atoms with Gasteiger partial charge in [-0.15, -0.1) is 11.8 Å². The Morgan fingerprint density at radius 2 is 2.09 bits per heavy atom. The summed E-state index contributed by atoms with van der Waals surface area (Å²) in [5.41, 5.74) is 1.20. The fourth-order valence-corrected chi connectivity index (χ4v) is 1.48. The predicted octanol–water partition coefficient (Wildman–Crippen LogP) is 2.46. The number of hydrogen-bond donors (Lipinski definition) is 0. The molecule has 2 heteroatoms. The Hall–Kier alpha value is -0.760. The van der Waals surface area contributed by atoms with Gasteiger partial charge in [0.2, 0.25) is 0 Å². The van der Waals surface area contributed by atoms with Crippen LogP contribution in [0, 0.1) is 0 Å². The molecule has 0 aliphatic carbocycles. The molecule has 0 aromatic heterocycles. The minimum absolute atomic E-state index is 1.20. The Morgan fingerprint density at radius 1 is 1.36 bits per heavy atom. The second kappa shape index (κ2) is 4.19. The molecule has 0 saturated heterocycles. The van der Waals surface area contributed by atoms with Crippen molar-refractivity contribution in [3.8, 4) is 0 Å². The maximum atomic E-state index is 3.98. The third kappa shape index (κ3) is 2.09. The summed E-state index contributed by atoms with van der Waals surface area (Å²) in [6.45, 7) is 0. The van der Waals surface area contributed by atoms with E-state index in [1.807, 2.05) is 18.3 Å². The molecule has 1 nitrogen and oxygen atoms in total. The maximum absolute atomic E-state index is 3.98. The summed E-state index contributed by atoms with van der Waals surface area (Å²) in [6, 6.07) is 8.23. The smallest absolute Gasteiger partial charge is 0.0292 e. The van der Waals surface area contributed by atoms with E-state index in [-0.39, 0.29) is 0 Å². The topological polar surface area (TPSA) is 12.4 Å². The van der Waals surface area contributed by atoms with Crippen LogP contribution >= 0.6 is 11.8 Å². The molecule has 0 atom stereocenters. The molecule has 0 aliphatic rings. The summed E-state index contributed by atoms with van der Waals surface area (Å²) in [4.78, 5) is 5.25. The van der Waals surface area contributed by atoms with Crippen molar-refractivity contribution in [3.63, 3.8) is 0 Å². The molecule has 11 heavy (non-hydrogen) atoms. The van der Waals surface area contributed by atoms with Gasteiger partial charge in [-0.25, -0.2) is 0 Å². The first kappa shape index (κ1) is 8.34. The van der Waals surface area contributed by atoms with Gasteiger partial charge in [-0.05, 0) is 12.3 Å². The monoisotopic (exact) mass is 165 g/mol. The van der Waals surface area contributed by atoms with Crippen LogP contribution in [0.1, 0.15) is 5.56 Å². The fourth-order valence-electron chi connectivity index (χ4n) is 0.912. The zero-order chi connectivity index (χ0) is 8.10. The molecule has 58 valence electrons. The van der Waals surface area contributed by atoms with E-state index in [9.17, 15) is 0 Å². The Morgan fingerprint density at radius 3 is 2.73 bits per heavy atom. The SMILES string of the molecule is CN=Cc1ccccc1SC. The number of thioether (sulfide) groups is 1. The van der Waals surface area contributed by atoms with Crippen LogP contribution < -0.4 is 0 Å². The Kier molecular flexibility index (Phi) is 3.17. The van der Waals surface area contributed by atoms with Crippen LogP contribution in [0.25, 0.3) is 0 Å². The van der Waals surface area contributed by atoms with Crippen molar-refractivity contribution >= 4 is 18.0 Å². The van der Waals surface area contributed by atoms with Crippen molar-refractivity contribution in [1.82, 2.24) is 0 Å². The quantitative estimate of drug-likeness (QED) is 0.484. The molecule has 0 radical (unpaired) electrons. The second-order valence-electron chi connectivity index (χ2n) is 2.13. The van der Waals surface area contributed by atoms with Crippen molar-refractivity contribution < 1.29 is 0 Å². The zero-order valence-corrected chi connectivity index (χ0v) is 7.56. The van der Waals surface area contributed by atoms with Crippen molar-refractivity contribution in [2.24, 2.45) is 4.99 Å². The van der Waals surface area contributed by atoms with E-state index in [0.29, 0.717) is 0 Å². The molecule has 0 spiro atoms. The van der Waals surface area contributed by atoms with Crippen LogP contribution in [-0.2, 0) is 0 Å². The molecule has 1 aromatic rings. The van der Waals surface area contributed by atoms with E-state index in [0.717, 1.165) is 0 Å². The summed E-state index contributed by atoms with van der Waals surface area (Å²) < 4.78 is 0. The summed E-state index contributed by atoms with van der Waals surface area (Å²) in [5, 5.41) is 0. The molecule has 0 heterocycles. The van der Waals surface area contributed by atoms with Crippen LogP contribution in [-0.4, -0.2) is 19.5 Å². The Bertz CT molecular complexity index is 255. The number of hydrogen-bond acceptors (Lipinski definition) is 2. The van der Waals surface area contributed by atoms with Crippen LogP contribution in [0.2, 0.25) is 0 Å². The minimum atomic E-state index is 1.20. The standard InChI is InChI=1S/C9H11NS/c1-10-7-8-5-3-4-6-9(8)11-2/h3-7H,1-2H3. The molecule has 0 bridgehead atoms. The molecule has 0 fully saturated rings. The van der Waals surface area contributed by atoms with E-state index in [2.05, 4.69) is 23.4 Å². The van der Waals surface area contributed by atoms with Gasteiger partial charge in [0, 0.05) is 23.7 Å². The third-order valence-corrected chi connectivity index (χ3v) is 2.22. The highest BCUT2D eigenvalue weighted by Crippen LogP contribution is 2.17. The molecule has 0 N–H and O–H groups in total. The van der Waals surface area contributed by atoms with Crippen molar-refractivity contribution in [2.45, 2.75) is 4.90 Å². The normalized spacial score (nSPS) is 10.7. The van der Waals surface area contributed by atoms with E-state index in [1.54, 1.807) is 18.8 Å². The van der Waals surface area contributed by atoms with Gasteiger partial charge in [-0.3, -0.25) is 4.99 Å². The molecule has 0 aliphatic heterocycles. The number of benzene rings is 1. The van der Waals surface area contributed by atoms with Crippen molar-refractivity contribution in [2.75, 3.05) is 13.3 Å². The highest BCUT2D eigenvalue weighted by molar-refractivity contribution is 7.98. The van der Waals surface area contributed by atoms with Crippen LogP contribution in [0.5, 0.6) is 0 Å². The van der Waals surface area contributed by atoms with Gasteiger partial charge in [0.15, 0.2) is 0 Å². The first-order valence-corrected chi connectivity index (χ1v) is 4.66. The summed E-state index contributed by atoms with van der Waals surface area (Å²) in [6.07, 6.45) is 3.95. The Labute approximate surface area is 71.5 Å². The predicted molar refractivity (Wildman–Crippen MR) is 51.7 cm³/mol. The van der Waals surface area contributed by atoms with E-state index in [1.165, 1.54) is 10.5 Å². The van der Waals surface area contributed by atoms with Crippen molar-refractivity contribution in [3.05, 3.63) is 29.8 Å². The molecule has 0 amide bonds. The van der Waals surface area contributed by atoms with Gasteiger partial charge in [0.25, 0.3) is 0 Å². The third-order valence-electron chi connectivity index (χ3n) is 1.41. The highest BCUT2D eigenvalue weighted by atomic mass is 32.2. The van der Waals surface area contributed by atoms with Crippen molar-refractivity contribution in [1.29, 1.82) is 0 Å². The largest absolute Gasteiger partial charge is 0.296 e. The van der Waals surface area contributed by atoms with Gasteiger partial charge in [0.1, 0.15) is 0 Å². The molecule has 0 unspecified atom stereocenters. The molecule has 1 rings (SSSR count). The van der Waals surface area contributed by atoms with E-state index in [4.69, 9.17) is 0 Å². The first-order chi connectivity index (χ1) is 5.38. The highest BCUT2D eigenvalue weighted by Gasteiger charge is 1.94. The summed E-state index contributed by atoms with van der Waals surface area (Å²) >= 11 is 1.74. The van der Waals surface area contributed by atoms with Crippen LogP contribution in [0.15, 0.2) is 34.2 Å². The lowest BCUT2D eigenvalue weighted by atomic mass is 10.2. The van der Waals surface area contributed by atoms with Crippen LogP contribution in [0.3, 0.4) is 0 Å². The lowest BCUT2D eigenvalue weighted by Crippen LogP contribution is -1.83.